The Morgan fingerprint density at radius 2 is 1.75 bits per heavy atom. The highest BCUT2D eigenvalue weighted by Gasteiger charge is 2.30. The van der Waals surface area contributed by atoms with Gasteiger partial charge >= 0.3 is 0 Å². The van der Waals surface area contributed by atoms with Gasteiger partial charge in [0.25, 0.3) is 5.91 Å². The lowest BCUT2D eigenvalue weighted by atomic mass is 10.3. The Balaban J connectivity index is 1.59. The normalized spacial score (nSPS) is 13.0. The second-order valence-corrected chi connectivity index (χ2v) is 6.61. The predicted octanol–water partition coefficient (Wildman–Crippen LogP) is 3.48. The van der Waals surface area contributed by atoms with E-state index in [0.29, 0.717) is 17.3 Å². The fourth-order valence-corrected chi connectivity index (χ4v) is 2.79. The Hall–Kier alpha value is -3.61. The van der Waals surface area contributed by atoms with Gasteiger partial charge in [-0.3, -0.25) is 9.59 Å². The third-order valence-corrected chi connectivity index (χ3v) is 4.49. The average molecular weight is 376 g/mol. The number of benzene rings is 2. The lowest BCUT2D eigenvalue weighted by molar-refractivity contribution is -0.117. The maximum atomic E-state index is 12.7. The third-order valence-electron chi connectivity index (χ3n) is 4.49. The molecule has 1 aliphatic rings. The summed E-state index contributed by atoms with van der Waals surface area (Å²) < 4.78 is 6.69. The smallest absolute Gasteiger partial charge is 0.276 e. The molecule has 142 valence electrons. The molecule has 2 amide bonds. The molecule has 0 bridgehead atoms. The molecule has 2 N–H and O–H groups in total. The Labute approximate surface area is 162 Å². The van der Waals surface area contributed by atoms with Gasteiger partial charge in [-0.15, -0.1) is 0 Å². The van der Waals surface area contributed by atoms with Crippen LogP contribution in [-0.2, 0) is 4.79 Å². The number of para-hydroxylation sites is 1. The van der Waals surface area contributed by atoms with Crippen LogP contribution in [-0.4, -0.2) is 28.7 Å². The van der Waals surface area contributed by atoms with Crippen LogP contribution in [0.3, 0.4) is 0 Å². The van der Waals surface area contributed by atoms with Gasteiger partial charge in [0, 0.05) is 17.7 Å². The van der Waals surface area contributed by atoms with Gasteiger partial charge < -0.3 is 15.4 Å². The molecule has 4 rings (SSSR count). The fourth-order valence-electron chi connectivity index (χ4n) is 2.79. The first kappa shape index (κ1) is 17.8. The third kappa shape index (κ3) is 3.88. The highest BCUT2D eigenvalue weighted by molar-refractivity contribution is 6.04. The van der Waals surface area contributed by atoms with E-state index in [0.717, 1.165) is 18.5 Å². The predicted molar refractivity (Wildman–Crippen MR) is 106 cm³/mol. The van der Waals surface area contributed by atoms with E-state index < -0.39 is 0 Å². The minimum atomic E-state index is -0.359. The molecular formula is C21H20N4O3. The largest absolute Gasteiger partial charge is 0.497 e. The van der Waals surface area contributed by atoms with Crippen molar-refractivity contribution >= 4 is 23.3 Å². The van der Waals surface area contributed by atoms with Gasteiger partial charge in [0.05, 0.1) is 12.8 Å². The van der Waals surface area contributed by atoms with Crippen LogP contribution >= 0.6 is 0 Å². The van der Waals surface area contributed by atoms with Crippen molar-refractivity contribution in [1.82, 2.24) is 9.78 Å². The molecular weight excluding hydrogens is 356 g/mol. The van der Waals surface area contributed by atoms with E-state index in [4.69, 9.17) is 4.74 Å². The zero-order valence-corrected chi connectivity index (χ0v) is 15.4. The lowest BCUT2D eigenvalue weighted by Gasteiger charge is -2.08. The summed E-state index contributed by atoms with van der Waals surface area (Å²) in [5, 5.41) is 10.1. The van der Waals surface area contributed by atoms with Crippen LogP contribution in [0.5, 0.6) is 5.75 Å². The molecule has 0 unspecified atom stereocenters. The van der Waals surface area contributed by atoms with E-state index in [2.05, 4.69) is 15.7 Å². The van der Waals surface area contributed by atoms with Gasteiger partial charge in [-0.2, -0.15) is 5.10 Å². The van der Waals surface area contributed by atoms with Crippen molar-refractivity contribution in [2.24, 2.45) is 5.92 Å². The number of nitrogens with zero attached hydrogens (tertiary/aromatic N) is 2. The number of methoxy groups -OCH3 is 1. The number of anilines is 2. The van der Waals surface area contributed by atoms with Gasteiger partial charge in [-0.25, -0.2) is 4.68 Å². The summed E-state index contributed by atoms with van der Waals surface area (Å²) in [4.78, 5) is 24.9. The molecule has 3 aromatic rings. The molecule has 1 heterocycles. The summed E-state index contributed by atoms with van der Waals surface area (Å²) in [6.07, 6.45) is 1.80. The number of rotatable bonds is 6. The van der Waals surface area contributed by atoms with Gasteiger partial charge in [0.1, 0.15) is 11.6 Å². The van der Waals surface area contributed by atoms with E-state index in [9.17, 15) is 9.59 Å². The Morgan fingerprint density at radius 1 is 1.04 bits per heavy atom. The quantitative estimate of drug-likeness (QED) is 0.690. The van der Waals surface area contributed by atoms with Crippen LogP contribution < -0.4 is 15.4 Å². The minimum Gasteiger partial charge on any atom is -0.497 e. The molecule has 1 fully saturated rings. The van der Waals surface area contributed by atoms with Crippen molar-refractivity contribution < 1.29 is 14.3 Å². The number of carbonyl (C=O) groups excluding carboxylic acids is 2. The molecule has 1 aliphatic carbocycles. The monoisotopic (exact) mass is 376 g/mol. The highest BCUT2D eigenvalue weighted by Crippen LogP contribution is 2.30. The first-order valence-electron chi connectivity index (χ1n) is 9.06. The van der Waals surface area contributed by atoms with E-state index in [1.807, 2.05) is 30.3 Å². The number of nitrogens with one attached hydrogen (secondary N) is 2. The topological polar surface area (TPSA) is 85.3 Å². The number of carbonyl (C=O) groups is 2. The van der Waals surface area contributed by atoms with Gasteiger partial charge in [-0.1, -0.05) is 18.2 Å². The molecule has 7 heteroatoms. The molecule has 1 aromatic heterocycles. The van der Waals surface area contributed by atoms with Crippen LogP contribution in [0.2, 0.25) is 0 Å². The first-order chi connectivity index (χ1) is 13.6. The molecule has 7 nitrogen and oxygen atoms in total. The van der Waals surface area contributed by atoms with Crippen molar-refractivity contribution in [3.05, 3.63) is 66.4 Å². The van der Waals surface area contributed by atoms with Crippen LogP contribution in [0.4, 0.5) is 11.5 Å². The lowest BCUT2D eigenvalue weighted by Crippen LogP contribution is -2.16. The molecule has 28 heavy (non-hydrogen) atoms. The van der Waals surface area contributed by atoms with E-state index >= 15 is 0 Å². The zero-order chi connectivity index (χ0) is 19.5. The molecule has 0 atom stereocenters. The first-order valence-corrected chi connectivity index (χ1v) is 9.06. The standard InChI is InChI=1S/C21H20N4O3/c1-28-17-11-9-15(10-12-17)22-21(27)18-13-19(23-20(26)14-7-8-14)25(24-18)16-5-3-2-4-6-16/h2-6,9-14H,7-8H2,1H3,(H,22,27)(H,23,26). The van der Waals surface area contributed by atoms with Crippen LogP contribution in [0.15, 0.2) is 60.7 Å². The molecule has 0 spiro atoms. The number of aromatic nitrogens is 2. The SMILES string of the molecule is COc1ccc(NC(=O)c2cc(NC(=O)C3CC3)n(-c3ccccc3)n2)cc1. The maximum absolute atomic E-state index is 12.7. The second-order valence-electron chi connectivity index (χ2n) is 6.61. The summed E-state index contributed by atoms with van der Waals surface area (Å²) in [6.45, 7) is 0. The summed E-state index contributed by atoms with van der Waals surface area (Å²) in [6, 6.07) is 18.0. The average Bonchev–Trinajstić information content (AvgIpc) is 3.50. The van der Waals surface area contributed by atoms with Crippen molar-refractivity contribution in [3.8, 4) is 11.4 Å². The highest BCUT2D eigenvalue weighted by atomic mass is 16.5. The molecule has 0 saturated heterocycles. The maximum Gasteiger partial charge on any atom is 0.276 e. The Bertz CT molecular complexity index is 992. The number of hydrogen-bond donors (Lipinski definition) is 2. The van der Waals surface area contributed by atoms with Gasteiger partial charge in [0.15, 0.2) is 5.69 Å². The number of ether oxygens (including phenoxy) is 1. The van der Waals surface area contributed by atoms with E-state index in [1.54, 1.807) is 42.1 Å². The Kier molecular flexibility index (Phi) is 4.80. The van der Waals surface area contributed by atoms with E-state index in [-0.39, 0.29) is 23.4 Å². The van der Waals surface area contributed by atoms with E-state index in [1.165, 1.54) is 0 Å². The second kappa shape index (κ2) is 7.56. The van der Waals surface area contributed by atoms with Crippen LogP contribution in [0, 0.1) is 5.92 Å². The minimum absolute atomic E-state index is 0.0424. The summed E-state index contributed by atoms with van der Waals surface area (Å²) in [5.41, 5.74) is 1.60. The number of hydrogen-bond acceptors (Lipinski definition) is 4. The van der Waals surface area contributed by atoms with Crippen LogP contribution in [0.1, 0.15) is 23.3 Å². The van der Waals surface area contributed by atoms with Crippen molar-refractivity contribution in [3.63, 3.8) is 0 Å². The fraction of sp³-hybridized carbons (Fsp3) is 0.190. The van der Waals surface area contributed by atoms with Crippen molar-refractivity contribution in [2.45, 2.75) is 12.8 Å². The molecule has 0 radical (unpaired) electrons. The van der Waals surface area contributed by atoms with Crippen LogP contribution in [0.25, 0.3) is 5.69 Å². The number of amides is 2. The Morgan fingerprint density at radius 3 is 2.39 bits per heavy atom. The summed E-state index contributed by atoms with van der Waals surface area (Å²) >= 11 is 0. The molecule has 1 saturated carbocycles. The van der Waals surface area contributed by atoms with Gasteiger partial charge in [-0.05, 0) is 49.2 Å². The molecule has 2 aromatic carbocycles. The van der Waals surface area contributed by atoms with Crippen molar-refractivity contribution in [1.29, 1.82) is 0 Å². The zero-order valence-electron chi connectivity index (χ0n) is 15.4. The summed E-state index contributed by atoms with van der Waals surface area (Å²) in [7, 11) is 1.58. The van der Waals surface area contributed by atoms with Gasteiger partial charge in [0.2, 0.25) is 5.91 Å². The van der Waals surface area contributed by atoms with Crippen molar-refractivity contribution in [2.75, 3.05) is 17.7 Å². The summed E-state index contributed by atoms with van der Waals surface area (Å²) in [5.74, 6) is 0.830. The molecule has 0 aliphatic heterocycles.